The van der Waals surface area contributed by atoms with Crippen LogP contribution >= 0.6 is 0 Å². The van der Waals surface area contributed by atoms with Crippen LogP contribution in [0, 0.1) is 0 Å². The van der Waals surface area contributed by atoms with E-state index < -0.39 is 0 Å². The maximum Gasteiger partial charge on any atom is 0.220 e. The van der Waals surface area contributed by atoms with Crippen molar-refractivity contribution < 1.29 is 9.53 Å². The number of benzene rings is 2. The van der Waals surface area contributed by atoms with Gasteiger partial charge in [-0.2, -0.15) is 0 Å². The second kappa shape index (κ2) is 8.85. The van der Waals surface area contributed by atoms with E-state index in [1.807, 2.05) is 54.6 Å². The maximum absolute atomic E-state index is 11.7. The Kier molecular flexibility index (Phi) is 6.45. The lowest BCUT2D eigenvalue weighted by molar-refractivity contribution is -0.121. The van der Waals surface area contributed by atoms with Crippen molar-refractivity contribution in [3.05, 3.63) is 60.2 Å². The van der Waals surface area contributed by atoms with E-state index in [9.17, 15) is 4.79 Å². The molecule has 116 valence electrons. The van der Waals surface area contributed by atoms with E-state index in [2.05, 4.69) is 5.32 Å². The number of carbonyl (C=O) groups excluding carboxylic acids is 1. The van der Waals surface area contributed by atoms with Gasteiger partial charge in [-0.05, 0) is 49.2 Å². The molecule has 0 aliphatic rings. The molecule has 0 fully saturated rings. The van der Waals surface area contributed by atoms with Gasteiger partial charge < -0.3 is 15.8 Å². The first kappa shape index (κ1) is 16.0. The number of amides is 1. The minimum absolute atomic E-state index is 0.0582. The Balaban J connectivity index is 1.85. The van der Waals surface area contributed by atoms with Crippen LogP contribution in [0.4, 0.5) is 0 Å². The average Bonchev–Trinajstić information content (AvgIpc) is 2.55. The minimum atomic E-state index is 0.0582. The molecule has 0 aliphatic heterocycles. The lowest BCUT2D eigenvalue weighted by Gasteiger charge is -2.08. The molecule has 0 heterocycles. The first-order valence-electron chi connectivity index (χ1n) is 7.56. The van der Waals surface area contributed by atoms with Gasteiger partial charge in [-0.15, -0.1) is 0 Å². The van der Waals surface area contributed by atoms with E-state index in [1.54, 1.807) is 0 Å². The largest absolute Gasteiger partial charge is 0.457 e. The fourth-order valence-electron chi connectivity index (χ4n) is 2.07. The van der Waals surface area contributed by atoms with Crippen molar-refractivity contribution >= 4 is 5.91 Å². The summed E-state index contributed by atoms with van der Waals surface area (Å²) in [5.41, 5.74) is 6.48. The normalized spacial score (nSPS) is 10.2. The average molecular weight is 298 g/mol. The number of nitrogens with one attached hydrogen (secondary N) is 1. The Morgan fingerprint density at radius 3 is 2.59 bits per heavy atom. The van der Waals surface area contributed by atoms with Crippen LogP contribution in [0.2, 0.25) is 0 Å². The molecule has 0 unspecified atom stereocenters. The Morgan fingerprint density at radius 1 is 1.05 bits per heavy atom. The van der Waals surface area contributed by atoms with Crippen LogP contribution in [0.3, 0.4) is 0 Å². The molecule has 22 heavy (non-hydrogen) atoms. The molecule has 2 aromatic rings. The van der Waals surface area contributed by atoms with E-state index in [0.29, 0.717) is 25.9 Å². The van der Waals surface area contributed by atoms with Gasteiger partial charge in [-0.25, -0.2) is 0 Å². The Labute approximate surface area is 131 Å². The zero-order chi connectivity index (χ0) is 15.6. The second-order valence-corrected chi connectivity index (χ2v) is 5.05. The molecule has 3 N–H and O–H groups in total. The van der Waals surface area contributed by atoms with Gasteiger partial charge in [0.1, 0.15) is 11.5 Å². The van der Waals surface area contributed by atoms with Gasteiger partial charge in [-0.3, -0.25) is 4.79 Å². The summed E-state index contributed by atoms with van der Waals surface area (Å²) in [5.74, 6) is 1.65. The standard InChI is InChI=1S/C18H22N2O2/c19-12-5-13-20-18(21)11-10-15-6-4-9-17(14-15)22-16-7-2-1-3-8-16/h1-4,6-9,14H,5,10-13,19H2,(H,20,21). The van der Waals surface area contributed by atoms with E-state index in [4.69, 9.17) is 10.5 Å². The molecule has 0 saturated carbocycles. The molecule has 0 radical (unpaired) electrons. The molecule has 0 bridgehead atoms. The molecule has 4 nitrogen and oxygen atoms in total. The molecule has 2 aromatic carbocycles. The fraction of sp³-hybridized carbons (Fsp3) is 0.278. The van der Waals surface area contributed by atoms with Gasteiger partial charge in [0, 0.05) is 13.0 Å². The monoisotopic (exact) mass is 298 g/mol. The van der Waals surface area contributed by atoms with Gasteiger partial charge in [0.2, 0.25) is 5.91 Å². The highest BCUT2D eigenvalue weighted by Gasteiger charge is 2.03. The number of para-hydroxylation sites is 1. The second-order valence-electron chi connectivity index (χ2n) is 5.05. The zero-order valence-corrected chi connectivity index (χ0v) is 12.6. The summed E-state index contributed by atoms with van der Waals surface area (Å²) < 4.78 is 5.79. The predicted molar refractivity (Wildman–Crippen MR) is 88.0 cm³/mol. The van der Waals surface area contributed by atoms with Crippen LogP contribution in [0.1, 0.15) is 18.4 Å². The molecule has 4 heteroatoms. The number of rotatable bonds is 8. The van der Waals surface area contributed by atoms with E-state index in [1.165, 1.54) is 0 Å². The lowest BCUT2D eigenvalue weighted by atomic mass is 10.1. The van der Waals surface area contributed by atoms with Crippen LogP contribution in [-0.4, -0.2) is 19.0 Å². The lowest BCUT2D eigenvalue weighted by Crippen LogP contribution is -2.26. The highest BCUT2D eigenvalue weighted by molar-refractivity contribution is 5.76. The number of aryl methyl sites for hydroxylation is 1. The summed E-state index contributed by atoms with van der Waals surface area (Å²) in [5, 5.41) is 2.86. The summed E-state index contributed by atoms with van der Waals surface area (Å²) >= 11 is 0. The molecule has 0 aliphatic carbocycles. The third-order valence-electron chi connectivity index (χ3n) is 3.22. The molecule has 0 saturated heterocycles. The third kappa shape index (κ3) is 5.58. The SMILES string of the molecule is NCCCNC(=O)CCc1cccc(Oc2ccccc2)c1. The molecule has 0 aromatic heterocycles. The number of hydrogen-bond donors (Lipinski definition) is 2. The van der Waals surface area contributed by atoms with Crippen LogP contribution in [0.15, 0.2) is 54.6 Å². The molecule has 1 amide bonds. The van der Waals surface area contributed by atoms with Gasteiger partial charge >= 0.3 is 0 Å². The van der Waals surface area contributed by atoms with Crippen molar-refractivity contribution in [3.8, 4) is 11.5 Å². The topological polar surface area (TPSA) is 64.3 Å². The van der Waals surface area contributed by atoms with Gasteiger partial charge in [0.15, 0.2) is 0 Å². The Hall–Kier alpha value is -2.33. The van der Waals surface area contributed by atoms with Crippen LogP contribution in [0.5, 0.6) is 11.5 Å². The molecular formula is C18H22N2O2. The molecule has 2 rings (SSSR count). The van der Waals surface area contributed by atoms with Crippen LogP contribution < -0.4 is 15.8 Å². The Bertz CT molecular complexity index is 585. The number of carbonyl (C=O) groups is 1. The Morgan fingerprint density at radius 2 is 1.82 bits per heavy atom. The van der Waals surface area contributed by atoms with Crippen LogP contribution in [-0.2, 0) is 11.2 Å². The van der Waals surface area contributed by atoms with Gasteiger partial charge in [-0.1, -0.05) is 30.3 Å². The summed E-state index contributed by atoms with van der Waals surface area (Å²) in [6.07, 6.45) is 1.98. The fourth-order valence-corrected chi connectivity index (χ4v) is 2.07. The number of hydrogen-bond acceptors (Lipinski definition) is 3. The molecule has 0 atom stereocenters. The van der Waals surface area contributed by atoms with Crippen molar-refractivity contribution in [2.24, 2.45) is 5.73 Å². The van der Waals surface area contributed by atoms with Gasteiger partial charge in [0.25, 0.3) is 0 Å². The molecule has 0 spiro atoms. The smallest absolute Gasteiger partial charge is 0.220 e. The minimum Gasteiger partial charge on any atom is -0.457 e. The van der Waals surface area contributed by atoms with E-state index >= 15 is 0 Å². The van der Waals surface area contributed by atoms with Crippen molar-refractivity contribution in [2.45, 2.75) is 19.3 Å². The maximum atomic E-state index is 11.7. The zero-order valence-electron chi connectivity index (χ0n) is 12.6. The predicted octanol–water partition coefficient (Wildman–Crippen LogP) is 2.88. The molecular weight excluding hydrogens is 276 g/mol. The quantitative estimate of drug-likeness (QED) is 0.737. The summed E-state index contributed by atoms with van der Waals surface area (Å²) in [6.45, 7) is 1.24. The van der Waals surface area contributed by atoms with Crippen molar-refractivity contribution in [2.75, 3.05) is 13.1 Å². The first-order chi connectivity index (χ1) is 10.8. The van der Waals surface area contributed by atoms with Crippen LogP contribution in [0.25, 0.3) is 0 Å². The number of ether oxygens (including phenoxy) is 1. The summed E-state index contributed by atoms with van der Waals surface area (Å²) in [4.78, 5) is 11.7. The van der Waals surface area contributed by atoms with Gasteiger partial charge in [0.05, 0.1) is 0 Å². The third-order valence-corrected chi connectivity index (χ3v) is 3.22. The van der Waals surface area contributed by atoms with Crippen molar-refractivity contribution in [3.63, 3.8) is 0 Å². The van der Waals surface area contributed by atoms with E-state index in [0.717, 1.165) is 23.5 Å². The van der Waals surface area contributed by atoms with Crippen molar-refractivity contribution in [1.29, 1.82) is 0 Å². The van der Waals surface area contributed by atoms with Crippen molar-refractivity contribution in [1.82, 2.24) is 5.32 Å². The summed E-state index contributed by atoms with van der Waals surface area (Å²) in [7, 11) is 0. The summed E-state index contributed by atoms with van der Waals surface area (Å²) in [6, 6.07) is 17.5. The first-order valence-corrected chi connectivity index (χ1v) is 7.56. The highest BCUT2D eigenvalue weighted by atomic mass is 16.5. The highest BCUT2D eigenvalue weighted by Crippen LogP contribution is 2.22. The number of nitrogens with two attached hydrogens (primary N) is 1. The van der Waals surface area contributed by atoms with E-state index in [-0.39, 0.29) is 5.91 Å².